The van der Waals surface area contributed by atoms with E-state index in [9.17, 15) is 13.6 Å². The fourth-order valence-corrected chi connectivity index (χ4v) is 2.77. The molecule has 3 N–H and O–H groups in total. The van der Waals surface area contributed by atoms with Gasteiger partial charge in [0.15, 0.2) is 0 Å². The first-order valence-corrected chi connectivity index (χ1v) is 7.05. The highest BCUT2D eigenvalue weighted by Crippen LogP contribution is 2.28. The molecule has 7 heteroatoms. The van der Waals surface area contributed by atoms with Crippen LogP contribution in [0.15, 0.2) is 29.2 Å². The number of hydrogen-bond acceptors (Lipinski definition) is 3. The molecule has 0 spiro atoms. The van der Waals surface area contributed by atoms with Gasteiger partial charge in [0, 0.05) is 16.6 Å². The first-order chi connectivity index (χ1) is 9.06. The molecule has 3 nitrogen and oxygen atoms in total. The van der Waals surface area contributed by atoms with Crippen molar-refractivity contribution >= 4 is 35.8 Å². The van der Waals surface area contributed by atoms with E-state index in [1.165, 1.54) is 0 Å². The van der Waals surface area contributed by atoms with Gasteiger partial charge in [0.2, 0.25) is 5.91 Å². The van der Waals surface area contributed by atoms with E-state index in [0.29, 0.717) is 22.3 Å². The highest BCUT2D eigenvalue weighted by molar-refractivity contribution is 7.99. The van der Waals surface area contributed by atoms with E-state index in [2.05, 4.69) is 5.32 Å². The van der Waals surface area contributed by atoms with Crippen molar-refractivity contribution in [2.45, 2.75) is 36.0 Å². The van der Waals surface area contributed by atoms with Crippen molar-refractivity contribution < 1.29 is 13.6 Å². The SMILES string of the molecule is Cl.NC1CCCC1C(=O)Nc1ccc(SC(F)F)cc1. The zero-order valence-electron chi connectivity index (χ0n) is 10.7. The standard InChI is InChI=1S/C13H16F2N2OS.ClH/c14-13(15)19-9-6-4-8(5-7-9)17-12(18)10-2-1-3-11(10)16;/h4-7,10-11,13H,1-3,16H2,(H,17,18);1H. The van der Waals surface area contributed by atoms with Gasteiger partial charge in [-0.2, -0.15) is 8.78 Å². The number of halogens is 3. The molecule has 2 rings (SSSR count). The molecule has 1 amide bonds. The molecule has 0 saturated heterocycles. The second-order valence-electron chi connectivity index (χ2n) is 4.59. The fraction of sp³-hybridized carbons (Fsp3) is 0.462. The van der Waals surface area contributed by atoms with Gasteiger partial charge in [0.1, 0.15) is 0 Å². The van der Waals surface area contributed by atoms with E-state index in [-0.39, 0.29) is 30.3 Å². The summed E-state index contributed by atoms with van der Waals surface area (Å²) in [7, 11) is 0. The Balaban J connectivity index is 0.00000200. The van der Waals surface area contributed by atoms with Crippen LogP contribution in [-0.4, -0.2) is 17.7 Å². The van der Waals surface area contributed by atoms with E-state index in [1.54, 1.807) is 24.3 Å². The van der Waals surface area contributed by atoms with Crippen molar-refractivity contribution in [2.75, 3.05) is 5.32 Å². The quantitative estimate of drug-likeness (QED) is 0.834. The number of thioether (sulfide) groups is 1. The molecule has 1 aliphatic carbocycles. The Kier molecular flexibility index (Phi) is 6.71. The summed E-state index contributed by atoms with van der Waals surface area (Å²) in [6, 6.07) is 6.32. The lowest BCUT2D eigenvalue weighted by molar-refractivity contribution is -0.120. The predicted molar refractivity (Wildman–Crippen MR) is 79.5 cm³/mol. The summed E-state index contributed by atoms with van der Waals surface area (Å²) in [6.07, 6.45) is 2.66. The molecule has 0 aliphatic heterocycles. The summed E-state index contributed by atoms with van der Waals surface area (Å²) in [5.41, 5.74) is 6.48. The molecule has 1 aromatic rings. The minimum absolute atomic E-state index is 0. The van der Waals surface area contributed by atoms with Crippen LogP contribution in [0.1, 0.15) is 19.3 Å². The molecule has 0 radical (unpaired) electrons. The normalized spacial score (nSPS) is 21.6. The summed E-state index contributed by atoms with van der Waals surface area (Å²) in [4.78, 5) is 12.4. The monoisotopic (exact) mass is 322 g/mol. The zero-order valence-corrected chi connectivity index (χ0v) is 12.4. The third-order valence-electron chi connectivity index (χ3n) is 3.25. The Morgan fingerprint density at radius 2 is 1.95 bits per heavy atom. The number of hydrogen-bond donors (Lipinski definition) is 2. The lowest BCUT2D eigenvalue weighted by atomic mass is 10.0. The van der Waals surface area contributed by atoms with Gasteiger partial charge in [0.25, 0.3) is 5.76 Å². The second-order valence-corrected chi connectivity index (χ2v) is 5.66. The molecule has 0 bridgehead atoms. The van der Waals surface area contributed by atoms with E-state index >= 15 is 0 Å². The molecular weight excluding hydrogens is 306 g/mol. The van der Waals surface area contributed by atoms with E-state index in [0.717, 1.165) is 19.3 Å². The van der Waals surface area contributed by atoms with Crippen LogP contribution in [0.4, 0.5) is 14.5 Å². The lowest BCUT2D eigenvalue weighted by Gasteiger charge is -2.15. The van der Waals surface area contributed by atoms with Gasteiger partial charge in [0.05, 0.1) is 5.92 Å². The molecule has 2 atom stereocenters. The van der Waals surface area contributed by atoms with Crippen LogP contribution in [0, 0.1) is 5.92 Å². The van der Waals surface area contributed by atoms with E-state index in [4.69, 9.17) is 5.73 Å². The van der Waals surface area contributed by atoms with Gasteiger partial charge < -0.3 is 11.1 Å². The fourth-order valence-electron chi connectivity index (χ4n) is 2.27. The van der Waals surface area contributed by atoms with E-state index in [1.807, 2.05) is 0 Å². The third-order valence-corrected chi connectivity index (χ3v) is 3.98. The first kappa shape index (κ1) is 17.2. The van der Waals surface area contributed by atoms with Crippen LogP contribution in [-0.2, 0) is 4.79 Å². The number of anilines is 1. The third kappa shape index (κ3) is 4.61. The number of nitrogens with one attached hydrogen (secondary N) is 1. The molecule has 1 aliphatic rings. The Morgan fingerprint density at radius 3 is 2.45 bits per heavy atom. The summed E-state index contributed by atoms with van der Waals surface area (Å²) >= 11 is 0.486. The predicted octanol–water partition coefficient (Wildman–Crippen LogP) is 3.49. The number of carbonyl (C=O) groups is 1. The van der Waals surface area contributed by atoms with Crippen LogP contribution >= 0.6 is 24.2 Å². The summed E-state index contributed by atoms with van der Waals surface area (Å²) < 4.78 is 24.3. The van der Waals surface area contributed by atoms with Crippen molar-refractivity contribution in [1.29, 1.82) is 0 Å². The number of nitrogens with two attached hydrogens (primary N) is 1. The van der Waals surface area contributed by atoms with Crippen LogP contribution in [0.3, 0.4) is 0 Å². The first-order valence-electron chi connectivity index (χ1n) is 6.17. The zero-order chi connectivity index (χ0) is 13.8. The summed E-state index contributed by atoms with van der Waals surface area (Å²) in [6.45, 7) is 0. The maximum atomic E-state index is 12.2. The number of amides is 1. The average Bonchev–Trinajstić information content (AvgIpc) is 2.77. The van der Waals surface area contributed by atoms with Crippen molar-refractivity contribution in [1.82, 2.24) is 0 Å². The molecule has 1 saturated carbocycles. The van der Waals surface area contributed by atoms with E-state index < -0.39 is 5.76 Å². The van der Waals surface area contributed by atoms with Crippen LogP contribution in [0.2, 0.25) is 0 Å². The van der Waals surface area contributed by atoms with Gasteiger partial charge >= 0.3 is 0 Å². The highest BCUT2D eigenvalue weighted by atomic mass is 35.5. The van der Waals surface area contributed by atoms with Crippen molar-refractivity contribution in [2.24, 2.45) is 11.7 Å². The Bertz CT molecular complexity index is 445. The maximum Gasteiger partial charge on any atom is 0.288 e. The summed E-state index contributed by atoms with van der Waals surface area (Å²) in [5, 5.41) is 2.78. The molecule has 112 valence electrons. The van der Waals surface area contributed by atoms with Gasteiger partial charge in [-0.15, -0.1) is 12.4 Å². The smallest absolute Gasteiger partial charge is 0.288 e. The molecule has 1 fully saturated rings. The van der Waals surface area contributed by atoms with Crippen LogP contribution < -0.4 is 11.1 Å². The van der Waals surface area contributed by atoms with Crippen LogP contribution in [0.25, 0.3) is 0 Å². The number of alkyl halides is 2. The molecular formula is C13H17ClF2N2OS. The molecule has 1 aromatic carbocycles. The lowest BCUT2D eigenvalue weighted by Crippen LogP contribution is -2.34. The minimum Gasteiger partial charge on any atom is -0.327 e. The average molecular weight is 323 g/mol. The van der Waals surface area contributed by atoms with Gasteiger partial charge in [-0.25, -0.2) is 0 Å². The Hall–Kier alpha value is -0.850. The second kappa shape index (κ2) is 7.81. The summed E-state index contributed by atoms with van der Waals surface area (Å²) in [5.74, 6) is -2.66. The van der Waals surface area contributed by atoms with Gasteiger partial charge in [-0.05, 0) is 37.1 Å². The largest absolute Gasteiger partial charge is 0.327 e. The Labute approximate surface area is 127 Å². The van der Waals surface area contributed by atoms with Crippen LogP contribution in [0.5, 0.6) is 0 Å². The number of carbonyl (C=O) groups excluding carboxylic acids is 1. The number of rotatable bonds is 4. The molecule has 0 heterocycles. The van der Waals surface area contributed by atoms with Gasteiger partial charge in [-0.1, -0.05) is 18.2 Å². The highest BCUT2D eigenvalue weighted by Gasteiger charge is 2.30. The molecule has 0 aromatic heterocycles. The Morgan fingerprint density at radius 1 is 1.30 bits per heavy atom. The minimum atomic E-state index is -2.43. The molecule has 20 heavy (non-hydrogen) atoms. The molecule has 2 unspecified atom stereocenters. The maximum absolute atomic E-state index is 12.2. The topological polar surface area (TPSA) is 55.1 Å². The van der Waals surface area contributed by atoms with Crippen molar-refractivity contribution in [3.8, 4) is 0 Å². The van der Waals surface area contributed by atoms with Crippen molar-refractivity contribution in [3.63, 3.8) is 0 Å². The van der Waals surface area contributed by atoms with Gasteiger partial charge in [-0.3, -0.25) is 4.79 Å². The number of benzene rings is 1. The van der Waals surface area contributed by atoms with Crippen molar-refractivity contribution in [3.05, 3.63) is 24.3 Å².